The minimum atomic E-state index is -0.104. The highest BCUT2D eigenvalue weighted by Gasteiger charge is 2.23. The molecule has 0 spiro atoms. The van der Waals surface area contributed by atoms with Gasteiger partial charge < -0.3 is 25.2 Å². The fourth-order valence-electron chi connectivity index (χ4n) is 4.42. The van der Waals surface area contributed by atoms with Crippen molar-refractivity contribution in [3.63, 3.8) is 0 Å². The molecule has 0 atom stereocenters. The van der Waals surface area contributed by atoms with Crippen molar-refractivity contribution in [2.75, 3.05) is 55.0 Å². The van der Waals surface area contributed by atoms with E-state index in [9.17, 15) is 9.59 Å². The summed E-state index contributed by atoms with van der Waals surface area (Å²) in [5, 5.41) is 5.98. The summed E-state index contributed by atoms with van der Waals surface area (Å²) in [6.45, 7) is 8.04. The first kappa shape index (κ1) is 26.4. The Bertz CT molecular complexity index is 970. The van der Waals surface area contributed by atoms with Crippen LogP contribution in [-0.2, 0) is 4.79 Å². The Kier molecular flexibility index (Phi) is 10.3. The maximum Gasteiger partial charge on any atom is 0.253 e. The second kappa shape index (κ2) is 13.6. The first-order chi connectivity index (χ1) is 17.1. The third-order valence-corrected chi connectivity index (χ3v) is 6.36. The van der Waals surface area contributed by atoms with Gasteiger partial charge in [-0.2, -0.15) is 0 Å². The minimum Gasteiger partial charge on any atom is -0.495 e. The molecule has 1 aliphatic heterocycles. The summed E-state index contributed by atoms with van der Waals surface area (Å²) in [6.07, 6.45) is 5.61. The van der Waals surface area contributed by atoms with Gasteiger partial charge in [-0.15, -0.1) is 0 Å². The van der Waals surface area contributed by atoms with Crippen LogP contribution in [0.5, 0.6) is 5.75 Å². The van der Waals surface area contributed by atoms with Crippen molar-refractivity contribution in [2.45, 2.75) is 52.4 Å². The number of amides is 2. The number of para-hydroxylation sites is 2. The zero-order chi connectivity index (χ0) is 25.0. The van der Waals surface area contributed by atoms with Crippen molar-refractivity contribution >= 4 is 28.9 Å². The summed E-state index contributed by atoms with van der Waals surface area (Å²) < 4.78 is 5.54. The van der Waals surface area contributed by atoms with Crippen LogP contribution < -0.4 is 25.2 Å². The van der Waals surface area contributed by atoms with Crippen LogP contribution in [0.4, 0.5) is 17.1 Å². The molecular weight excluding hydrogens is 440 g/mol. The topological polar surface area (TPSA) is 73.9 Å². The van der Waals surface area contributed by atoms with Gasteiger partial charge in [0.15, 0.2) is 0 Å². The SMILES string of the molecule is CCCCCCC(=O)Nc1ccc(N2CCN(c3ccccc3OC)CC2)c(C(=O)NCCC)c1. The van der Waals surface area contributed by atoms with E-state index >= 15 is 0 Å². The van der Waals surface area contributed by atoms with Crippen molar-refractivity contribution in [1.82, 2.24) is 5.32 Å². The van der Waals surface area contributed by atoms with Gasteiger partial charge in [-0.3, -0.25) is 9.59 Å². The first-order valence-electron chi connectivity index (χ1n) is 12.9. The lowest BCUT2D eigenvalue weighted by Crippen LogP contribution is -2.47. The van der Waals surface area contributed by atoms with Crippen LogP contribution in [0, 0.1) is 0 Å². The first-order valence-corrected chi connectivity index (χ1v) is 12.9. The number of nitrogens with one attached hydrogen (secondary N) is 2. The lowest BCUT2D eigenvalue weighted by Gasteiger charge is -2.38. The van der Waals surface area contributed by atoms with Gasteiger partial charge in [0, 0.05) is 50.5 Å². The molecule has 0 unspecified atom stereocenters. The number of nitrogens with zero attached hydrogens (tertiary/aromatic N) is 2. The third kappa shape index (κ3) is 7.38. The predicted octanol–water partition coefficient (Wildman–Crippen LogP) is 5.07. The van der Waals surface area contributed by atoms with Crippen LogP contribution in [0.2, 0.25) is 0 Å². The van der Waals surface area contributed by atoms with Gasteiger partial charge in [0.25, 0.3) is 5.91 Å². The maximum atomic E-state index is 13.0. The summed E-state index contributed by atoms with van der Waals surface area (Å²) in [6, 6.07) is 13.8. The van der Waals surface area contributed by atoms with Gasteiger partial charge in [-0.05, 0) is 43.2 Å². The number of ether oxygens (including phenoxy) is 1. The van der Waals surface area contributed by atoms with Gasteiger partial charge in [0.2, 0.25) is 5.91 Å². The van der Waals surface area contributed by atoms with Crippen LogP contribution in [0.3, 0.4) is 0 Å². The molecule has 7 nitrogen and oxygen atoms in total. The van der Waals surface area contributed by atoms with Crippen molar-refractivity contribution in [2.24, 2.45) is 0 Å². The van der Waals surface area contributed by atoms with Crippen molar-refractivity contribution in [3.8, 4) is 5.75 Å². The normalized spacial score (nSPS) is 13.5. The number of piperazine rings is 1. The van der Waals surface area contributed by atoms with E-state index < -0.39 is 0 Å². The van der Waals surface area contributed by atoms with E-state index in [0.29, 0.717) is 24.2 Å². The number of hydrogen-bond acceptors (Lipinski definition) is 5. The van der Waals surface area contributed by atoms with Crippen LogP contribution >= 0.6 is 0 Å². The van der Waals surface area contributed by atoms with E-state index in [-0.39, 0.29) is 11.8 Å². The Labute approximate surface area is 209 Å². The smallest absolute Gasteiger partial charge is 0.253 e. The molecule has 35 heavy (non-hydrogen) atoms. The molecule has 1 fully saturated rings. The van der Waals surface area contributed by atoms with Gasteiger partial charge >= 0.3 is 0 Å². The second-order valence-corrected chi connectivity index (χ2v) is 8.99. The highest BCUT2D eigenvalue weighted by atomic mass is 16.5. The van der Waals surface area contributed by atoms with Crippen molar-refractivity contribution in [3.05, 3.63) is 48.0 Å². The molecule has 190 valence electrons. The molecule has 0 saturated carbocycles. The molecule has 0 radical (unpaired) electrons. The van der Waals surface area contributed by atoms with Gasteiger partial charge in [0.05, 0.1) is 18.4 Å². The van der Waals surface area contributed by atoms with Crippen LogP contribution in [0.25, 0.3) is 0 Å². The average Bonchev–Trinajstić information content (AvgIpc) is 2.90. The van der Waals surface area contributed by atoms with Gasteiger partial charge in [0.1, 0.15) is 5.75 Å². The Morgan fingerprint density at radius 3 is 2.29 bits per heavy atom. The van der Waals surface area contributed by atoms with Gasteiger partial charge in [-0.25, -0.2) is 0 Å². The minimum absolute atomic E-state index is 0.000748. The van der Waals surface area contributed by atoms with Crippen molar-refractivity contribution in [1.29, 1.82) is 0 Å². The van der Waals surface area contributed by atoms with Crippen LogP contribution in [0.1, 0.15) is 62.7 Å². The molecule has 0 aromatic heterocycles. The van der Waals surface area contributed by atoms with E-state index in [1.54, 1.807) is 7.11 Å². The number of anilines is 3. The second-order valence-electron chi connectivity index (χ2n) is 8.99. The lowest BCUT2D eigenvalue weighted by atomic mass is 10.1. The highest BCUT2D eigenvalue weighted by Crippen LogP contribution is 2.31. The molecule has 0 bridgehead atoms. The zero-order valence-corrected chi connectivity index (χ0v) is 21.4. The van der Waals surface area contributed by atoms with Gasteiger partial charge in [-0.1, -0.05) is 45.2 Å². The summed E-state index contributed by atoms with van der Waals surface area (Å²) in [4.78, 5) is 30.0. The van der Waals surface area contributed by atoms with E-state index in [0.717, 1.165) is 75.4 Å². The largest absolute Gasteiger partial charge is 0.495 e. The zero-order valence-electron chi connectivity index (χ0n) is 21.4. The van der Waals surface area contributed by atoms with E-state index in [1.165, 1.54) is 0 Å². The Morgan fingerprint density at radius 2 is 1.60 bits per heavy atom. The number of unbranched alkanes of at least 4 members (excludes halogenated alkanes) is 3. The molecule has 7 heteroatoms. The molecule has 0 aliphatic carbocycles. The number of rotatable bonds is 12. The lowest BCUT2D eigenvalue weighted by molar-refractivity contribution is -0.116. The average molecular weight is 481 g/mol. The number of carbonyl (C=O) groups is 2. The summed E-state index contributed by atoms with van der Waals surface area (Å²) >= 11 is 0. The summed E-state index contributed by atoms with van der Waals surface area (Å²) in [5.41, 5.74) is 3.27. The van der Waals surface area contributed by atoms with Crippen LogP contribution in [0.15, 0.2) is 42.5 Å². The monoisotopic (exact) mass is 480 g/mol. The maximum absolute atomic E-state index is 13.0. The molecule has 2 aromatic carbocycles. The standard InChI is InChI=1S/C28H40N4O3/c1-4-6-7-8-13-27(33)30-22-14-15-24(23(21-22)28(34)29-16-5-2)31-17-19-32(20-18-31)25-11-9-10-12-26(25)35-3/h9-12,14-15,21H,4-8,13,16-20H2,1-3H3,(H,29,34)(H,30,33). The fraction of sp³-hybridized carbons (Fsp3) is 0.500. The number of methoxy groups -OCH3 is 1. The molecular formula is C28H40N4O3. The Balaban J connectivity index is 1.72. The number of hydrogen-bond donors (Lipinski definition) is 2. The number of carbonyl (C=O) groups excluding carboxylic acids is 2. The molecule has 1 aliphatic rings. The highest BCUT2D eigenvalue weighted by molar-refractivity contribution is 6.02. The quantitative estimate of drug-likeness (QED) is 0.415. The van der Waals surface area contributed by atoms with E-state index in [1.807, 2.05) is 43.3 Å². The molecule has 3 rings (SSSR count). The number of benzene rings is 2. The van der Waals surface area contributed by atoms with E-state index in [4.69, 9.17) is 4.74 Å². The molecule has 2 aromatic rings. The fourth-order valence-corrected chi connectivity index (χ4v) is 4.42. The summed E-state index contributed by atoms with van der Waals surface area (Å²) in [7, 11) is 1.70. The summed E-state index contributed by atoms with van der Waals surface area (Å²) in [5.74, 6) is 0.766. The van der Waals surface area contributed by atoms with E-state index in [2.05, 4.69) is 33.4 Å². The molecule has 2 amide bonds. The molecule has 2 N–H and O–H groups in total. The predicted molar refractivity (Wildman–Crippen MR) is 144 cm³/mol. The van der Waals surface area contributed by atoms with Crippen LogP contribution in [-0.4, -0.2) is 51.6 Å². The Hall–Kier alpha value is -3.22. The molecule has 1 saturated heterocycles. The third-order valence-electron chi connectivity index (χ3n) is 6.36. The van der Waals surface area contributed by atoms with Crippen molar-refractivity contribution < 1.29 is 14.3 Å². The Morgan fingerprint density at radius 1 is 0.886 bits per heavy atom. The molecule has 1 heterocycles.